The van der Waals surface area contributed by atoms with Crippen molar-refractivity contribution in [2.45, 2.75) is 30.3 Å². The van der Waals surface area contributed by atoms with Crippen molar-refractivity contribution in [3.05, 3.63) is 57.2 Å². The van der Waals surface area contributed by atoms with E-state index in [9.17, 15) is 52.7 Å². The Kier molecular flexibility index (Phi) is 6.74. The number of benzene rings is 2. The summed E-state index contributed by atoms with van der Waals surface area (Å²) in [5, 5.41) is 0. The van der Waals surface area contributed by atoms with Gasteiger partial charge in [-0.2, -0.15) is 35.1 Å². The van der Waals surface area contributed by atoms with Crippen molar-refractivity contribution in [2.75, 3.05) is 11.4 Å². The van der Waals surface area contributed by atoms with E-state index >= 15 is 0 Å². The van der Waals surface area contributed by atoms with Crippen LogP contribution in [0, 0.1) is 3.57 Å². The summed E-state index contributed by atoms with van der Waals surface area (Å²) in [6.07, 6.45) is -16.5. The van der Waals surface area contributed by atoms with Gasteiger partial charge in [0, 0.05) is 21.4 Å². The Morgan fingerprint density at radius 3 is 1.94 bits per heavy atom. The predicted octanol–water partition coefficient (Wildman–Crippen LogP) is 8.28. The Balaban J connectivity index is 2.33. The summed E-state index contributed by atoms with van der Waals surface area (Å²) in [5.41, 5.74) is -8.81. The average Bonchev–Trinajstić information content (AvgIpc) is 2.69. The van der Waals surface area contributed by atoms with Gasteiger partial charge in [0.05, 0.1) is 5.69 Å². The first kappa shape index (κ1) is 27.3. The highest BCUT2D eigenvalue weighted by molar-refractivity contribution is 14.1. The van der Waals surface area contributed by atoms with Gasteiger partial charge in [-0.3, -0.25) is 0 Å². The molecule has 2 aromatic carbocycles. The van der Waals surface area contributed by atoms with E-state index < -0.39 is 56.9 Å². The van der Waals surface area contributed by atoms with E-state index in [1.54, 1.807) is 12.1 Å². The number of anilines is 2. The van der Waals surface area contributed by atoms with Crippen LogP contribution >= 0.6 is 22.6 Å². The minimum absolute atomic E-state index is 0.0206. The Labute approximate surface area is 202 Å². The lowest BCUT2D eigenvalue weighted by Gasteiger charge is -2.37. The smallest absolute Gasteiger partial charge is 0.404 e. The Bertz CT molecular complexity index is 1140. The van der Waals surface area contributed by atoms with Gasteiger partial charge in [0.2, 0.25) is 0 Å². The van der Waals surface area contributed by atoms with Gasteiger partial charge in [-0.25, -0.2) is 4.39 Å². The van der Waals surface area contributed by atoms with E-state index in [0.717, 1.165) is 27.5 Å². The Morgan fingerprint density at radius 1 is 0.800 bits per heavy atom. The van der Waals surface area contributed by atoms with E-state index in [0.29, 0.717) is 5.56 Å². The van der Waals surface area contributed by atoms with Gasteiger partial charge in [-0.05, 0) is 46.4 Å². The molecule has 35 heavy (non-hydrogen) atoms. The molecule has 1 unspecified atom stereocenters. The molecule has 0 amide bonds. The number of hydrogen-bond donors (Lipinski definition) is 0. The van der Waals surface area contributed by atoms with Gasteiger partial charge in [-0.1, -0.05) is 30.4 Å². The third-order valence-corrected chi connectivity index (χ3v) is 5.74. The van der Waals surface area contributed by atoms with Crippen LogP contribution in [0.25, 0.3) is 6.08 Å². The summed E-state index contributed by atoms with van der Waals surface area (Å²) in [7, 11) is 0. The molecular weight excluding hydrogens is 625 g/mol. The minimum atomic E-state index is -7.06. The van der Waals surface area contributed by atoms with Crippen LogP contribution < -0.4 is 9.64 Å². The van der Waals surface area contributed by atoms with Crippen LogP contribution in [0.15, 0.2) is 42.5 Å². The molecule has 0 aliphatic carbocycles. The molecule has 0 N–H and O–H groups in total. The van der Waals surface area contributed by atoms with Crippen LogP contribution in [0.1, 0.15) is 11.1 Å². The SMILES string of the molecule is FC(F)(F)Oc1cc(C(F)(C(F)(F)F)C(F)(F)C(F)(F)F)cc(I)c1N1CC=Cc2ccccc21. The van der Waals surface area contributed by atoms with Gasteiger partial charge in [0.1, 0.15) is 0 Å². The third-order valence-electron chi connectivity index (χ3n) is 4.91. The van der Waals surface area contributed by atoms with Crippen LogP contribution in [-0.4, -0.2) is 31.2 Å². The second kappa shape index (κ2) is 8.65. The fraction of sp³-hybridized carbons (Fsp3) is 0.300. The first-order valence-corrected chi connectivity index (χ1v) is 10.2. The van der Waals surface area contributed by atoms with Crippen LogP contribution in [0.2, 0.25) is 0 Å². The second-order valence-corrected chi connectivity index (χ2v) is 8.31. The third kappa shape index (κ3) is 4.74. The molecule has 0 aromatic heterocycles. The topological polar surface area (TPSA) is 12.5 Å². The highest BCUT2D eigenvalue weighted by Crippen LogP contribution is 2.59. The number of nitrogens with zero attached hydrogens (tertiary/aromatic N) is 1. The molecule has 0 bridgehead atoms. The molecule has 15 heteroatoms. The summed E-state index contributed by atoms with van der Waals surface area (Å²) >= 11 is 1.11. The molecule has 1 heterocycles. The van der Waals surface area contributed by atoms with Crippen LogP contribution in [0.3, 0.4) is 0 Å². The zero-order chi connectivity index (χ0) is 26.6. The number of halogens is 13. The molecule has 192 valence electrons. The lowest BCUT2D eigenvalue weighted by molar-refractivity contribution is -0.389. The molecule has 2 nitrogen and oxygen atoms in total. The van der Waals surface area contributed by atoms with Crippen molar-refractivity contribution in [1.82, 2.24) is 0 Å². The Hall–Kier alpha value is -2.33. The normalized spacial score (nSPS) is 16.7. The van der Waals surface area contributed by atoms with E-state index in [4.69, 9.17) is 0 Å². The standard InChI is InChI=1S/C20H10F12INO/c21-16(18(24,25)26,17(22,23)19(27,28)29)11-8-12(33)15(14(9-11)35-20(30,31)32)34-7-3-5-10-4-1-2-6-13(10)34/h1-6,8-9H,7H2. The fourth-order valence-corrected chi connectivity index (χ4v) is 4.32. The summed E-state index contributed by atoms with van der Waals surface area (Å²) in [4.78, 5) is 1.09. The number of fused-ring (bicyclic) bond motifs is 1. The zero-order valence-electron chi connectivity index (χ0n) is 16.6. The maximum Gasteiger partial charge on any atom is 0.573 e. The first-order chi connectivity index (χ1) is 15.8. The van der Waals surface area contributed by atoms with Crippen molar-refractivity contribution < 1.29 is 57.4 Å². The van der Waals surface area contributed by atoms with E-state index in [1.165, 1.54) is 24.3 Å². The summed E-state index contributed by atoms with van der Waals surface area (Å²) in [6, 6.07) is 5.51. The highest BCUT2D eigenvalue weighted by Gasteiger charge is 2.81. The summed E-state index contributed by atoms with van der Waals surface area (Å²) < 4.78 is 164. The van der Waals surface area contributed by atoms with Gasteiger partial charge >= 0.3 is 30.3 Å². The molecule has 0 radical (unpaired) electrons. The lowest BCUT2D eigenvalue weighted by atomic mass is 9.87. The number of ether oxygens (including phenoxy) is 1. The maximum atomic E-state index is 15.0. The van der Waals surface area contributed by atoms with Crippen LogP contribution in [0.4, 0.5) is 64.1 Å². The van der Waals surface area contributed by atoms with Gasteiger partial charge < -0.3 is 9.64 Å². The largest absolute Gasteiger partial charge is 0.573 e. The molecule has 0 fully saturated rings. The quantitative estimate of drug-likeness (QED) is 0.248. The van der Waals surface area contributed by atoms with Crippen molar-refractivity contribution in [2.24, 2.45) is 0 Å². The number of rotatable bonds is 4. The lowest BCUT2D eigenvalue weighted by Crippen LogP contribution is -2.59. The second-order valence-electron chi connectivity index (χ2n) is 7.15. The number of para-hydroxylation sites is 1. The first-order valence-electron chi connectivity index (χ1n) is 9.14. The molecule has 2 aromatic rings. The molecular formula is C20H10F12INO. The van der Waals surface area contributed by atoms with E-state index in [2.05, 4.69) is 4.74 Å². The molecule has 3 rings (SSSR count). The molecule has 0 saturated carbocycles. The Morgan fingerprint density at radius 2 is 1.40 bits per heavy atom. The number of hydrogen-bond acceptors (Lipinski definition) is 2. The molecule has 0 spiro atoms. The summed E-state index contributed by atoms with van der Waals surface area (Å²) in [6.45, 7) is -0.181. The van der Waals surface area contributed by atoms with Crippen molar-refractivity contribution in [3.8, 4) is 5.75 Å². The van der Waals surface area contributed by atoms with Crippen molar-refractivity contribution in [1.29, 1.82) is 0 Å². The highest BCUT2D eigenvalue weighted by atomic mass is 127. The van der Waals surface area contributed by atoms with Gasteiger partial charge in [-0.15, -0.1) is 13.2 Å². The monoisotopic (exact) mass is 635 g/mol. The molecule has 1 atom stereocenters. The molecule has 0 saturated heterocycles. The van der Waals surface area contributed by atoms with E-state index in [1.807, 2.05) is 0 Å². The average molecular weight is 635 g/mol. The van der Waals surface area contributed by atoms with Crippen molar-refractivity contribution >= 4 is 40.0 Å². The number of alkyl halides is 12. The van der Waals surface area contributed by atoms with Crippen molar-refractivity contribution in [3.63, 3.8) is 0 Å². The molecule has 1 aliphatic rings. The molecule has 1 aliphatic heterocycles. The van der Waals surface area contributed by atoms with Gasteiger partial charge in [0.25, 0.3) is 0 Å². The minimum Gasteiger partial charge on any atom is -0.404 e. The van der Waals surface area contributed by atoms with Crippen LogP contribution in [0.5, 0.6) is 5.75 Å². The van der Waals surface area contributed by atoms with Crippen LogP contribution in [-0.2, 0) is 5.67 Å². The van der Waals surface area contributed by atoms with Gasteiger partial charge in [0.15, 0.2) is 5.75 Å². The maximum absolute atomic E-state index is 15.0. The summed E-state index contributed by atoms with van der Waals surface area (Å²) in [5.74, 6) is -8.66. The predicted molar refractivity (Wildman–Crippen MR) is 108 cm³/mol. The zero-order valence-corrected chi connectivity index (χ0v) is 18.8. The van der Waals surface area contributed by atoms with E-state index in [-0.39, 0.29) is 18.3 Å². The fourth-order valence-electron chi connectivity index (χ4n) is 3.42.